The van der Waals surface area contributed by atoms with Crippen molar-refractivity contribution in [3.8, 4) is 17.5 Å². The van der Waals surface area contributed by atoms with Gasteiger partial charge in [0, 0.05) is 36.7 Å². The van der Waals surface area contributed by atoms with Gasteiger partial charge < -0.3 is 14.4 Å². The van der Waals surface area contributed by atoms with Crippen molar-refractivity contribution >= 4 is 33.3 Å². The first kappa shape index (κ1) is 20.4. The van der Waals surface area contributed by atoms with E-state index in [0.717, 1.165) is 41.6 Å². The number of hydrogen-bond donors (Lipinski definition) is 1. The summed E-state index contributed by atoms with van der Waals surface area (Å²) < 4.78 is 20.2. The SMILES string of the molecule is Oc1c([C@H](c2cccs2)N2CCN(c3ccc(F)cc3)CC2)sc2nc(-c3ccco3)nn12. The topological polar surface area (TPSA) is 70.0 Å². The molecule has 0 aliphatic carbocycles. The van der Waals surface area contributed by atoms with Crippen molar-refractivity contribution in [3.63, 3.8) is 0 Å². The van der Waals surface area contributed by atoms with E-state index >= 15 is 0 Å². The van der Waals surface area contributed by atoms with Crippen LogP contribution in [0.3, 0.4) is 0 Å². The summed E-state index contributed by atoms with van der Waals surface area (Å²) in [4.78, 5) is 11.8. The van der Waals surface area contributed by atoms with Gasteiger partial charge in [-0.05, 0) is 47.8 Å². The molecule has 0 amide bonds. The average molecular weight is 482 g/mol. The van der Waals surface area contributed by atoms with Crippen molar-refractivity contribution < 1.29 is 13.9 Å². The number of thiazole rings is 1. The maximum atomic E-state index is 13.3. The summed E-state index contributed by atoms with van der Waals surface area (Å²) in [6.45, 7) is 3.25. The minimum Gasteiger partial charge on any atom is -0.492 e. The van der Waals surface area contributed by atoms with Crippen molar-refractivity contribution in [2.75, 3.05) is 31.1 Å². The molecule has 0 bridgehead atoms. The van der Waals surface area contributed by atoms with Crippen LogP contribution in [0.1, 0.15) is 15.8 Å². The second-order valence-corrected chi connectivity index (χ2v) is 9.80. The Hall–Kier alpha value is -3.21. The maximum absolute atomic E-state index is 13.3. The molecule has 168 valence electrons. The van der Waals surface area contributed by atoms with Crippen LogP contribution in [0, 0.1) is 5.82 Å². The number of piperazine rings is 1. The summed E-state index contributed by atoms with van der Waals surface area (Å²) in [7, 11) is 0. The molecule has 1 atom stereocenters. The Balaban J connectivity index is 1.30. The first-order valence-corrected chi connectivity index (χ1v) is 12.3. The quantitative estimate of drug-likeness (QED) is 0.386. The average Bonchev–Trinajstić information content (AvgIpc) is 3.63. The monoisotopic (exact) mass is 481 g/mol. The van der Waals surface area contributed by atoms with E-state index in [1.807, 2.05) is 18.2 Å². The summed E-state index contributed by atoms with van der Waals surface area (Å²) in [6, 6.07) is 14.3. The summed E-state index contributed by atoms with van der Waals surface area (Å²) in [5, 5.41) is 17.6. The highest BCUT2D eigenvalue weighted by atomic mass is 32.1. The fourth-order valence-corrected chi connectivity index (χ4v) is 6.30. The lowest BCUT2D eigenvalue weighted by Gasteiger charge is -2.39. The number of benzene rings is 1. The van der Waals surface area contributed by atoms with Gasteiger partial charge in [-0.1, -0.05) is 17.4 Å². The highest BCUT2D eigenvalue weighted by molar-refractivity contribution is 7.17. The van der Waals surface area contributed by atoms with Gasteiger partial charge in [-0.15, -0.1) is 16.4 Å². The van der Waals surface area contributed by atoms with E-state index in [1.54, 1.807) is 29.7 Å². The summed E-state index contributed by atoms with van der Waals surface area (Å²) >= 11 is 3.12. The molecule has 0 saturated carbocycles. The van der Waals surface area contributed by atoms with E-state index in [4.69, 9.17) is 4.42 Å². The van der Waals surface area contributed by atoms with Gasteiger partial charge in [-0.2, -0.15) is 9.50 Å². The molecular formula is C23H20FN5O2S2. The number of nitrogens with zero attached hydrogens (tertiary/aromatic N) is 5. The third kappa shape index (κ3) is 3.69. The van der Waals surface area contributed by atoms with Gasteiger partial charge in [0.2, 0.25) is 16.7 Å². The zero-order valence-electron chi connectivity index (χ0n) is 17.5. The number of furan rings is 1. The Bertz CT molecular complexity index is 1350. The van der Waals surface area contributed by atoms with Crippen LogP contribution in [0.5, 0.6) is 5.88 Å². The van der Waals surface area contributed by atoms with E-state index in [1.165, 1.54) is 28.0 Å². The third-order valence-corrected chi connectivity index (χ3v) is 7.87. The Kier molecular flexibility index (Phi) is 5.12. The van der Waals surface area contributed by atoms with Gasteiger partial charge in [0.25, 0.3) is 0 Å². The Morgan fingerprint density at radius 3 is 2.52 bits per heavy atom. The summed E-state index contributed by atoms with van der Waals surface area (Å²) in [5.41, 5.74) is 1.02. The molecule has 1 saturated heterocycles. The fraction of sp³-hybridized carbons (Fsp3) is 0.217. The molecule has 10 heteroatoms. The van der Waals surface area contributed by atoms with Gasteiger partial charge in [-0.25, -0.2) is 4.39 Å². The van der Waals surface area contributed by atoms with Gasteiger partial charge in [0.15, 0.2) is 5.76 Å². The van der Waals surface area contributed by atoms with Crippen molar-refractivity contribution in [3.05, 3.63) is 75.7 Å². The molecule has 0 radical (unpaired) electrons. The number of hydrogen-bond acceptors (Lipinski definition) is 8. The first-order chi connectivity index (χ1) is 16.2. The van der Waals surface area contributed by atoms with Crippen LogP contribution in [0.15, 0.2) is 64.6 Å². The number of aromatic nitrogens is 3. The molecule has 5 heterocycles. The van der Waals surface area contributed by atoms with E-state index in [-0.39, 0.29) is 17.7 Å². The second-order valence-electron chi connectivity index (χ2n) is 7.81. The summed E-state index contributed by atoms with van der Waals surface area (Å²) in [5.74, 6) is 0.907. The molecule has 1 N–H and O–H groups in total. The molecule has 1 aromatic carbocycles. The molecule has 4 aromatic heterocycles. The summed E-state index contributed by atoms with van der Waals surface area (Å²) in [6.07, 6.45) is 1.58. The molecule has 7 nitrogen and oxygen atoms in total. The molecule has 0 spiro atoms. The number of halogens is 1. The van der Waals surface area contributed by atoms with Crippen LogP contribution >= 0.6 is 22.7 Å². The van der Waals surface area contributed by atoms with Crippen LogP contribution in [0.25, 0.3) is 16.5 Å². The molecule has 5 aromatic rings. The molecule has 1 aliphatic heterocycles. The molecule has 1 fully saturated rings. The lowest BCUT2D eigenvalue weighted by molar-refractivity contribution is 0.213. The van der Waals surface area contributed by atoms with Gasteiger partial charge in [0.1, 0.15) is 5.82 Å². The highest BCUT2D eigenvalue weighted by Gasteiger charge is 2.32. The van der Waals surface area contributed by atoms with E-state index in [0.29, 0.717) is 16.5 Å². The number of aromatic hydroxyl groups is 1. The van der Waals surface area contributed by atoms with Crippen LogP contribution in [0.2, 0.25) is 0 Å². The van der Waals surface area contributed by atoms with E-state index in [2.05, 4.69) is 31.3 Å². The third-order valence-electron chi connectivity index (χ3n) is 5.87. The maximum Gasteiger partial charge on any atom is 0.230 e. The molecule has 1 aliphatic rings. The van der Waals surface area contributed by atoms with Gasteiger partial charge in [0.05, 0.1) is 17.2 Å². The number of rotatable bonds is 5. The standard InChI is InChI=1S/C23H20FN5O2S2/c24-15-5-7-16(8-6-15)27-9-11-28(12-10-27)19(18-4-2-14-32-18)20-22(30)29-23(33-20)25-21(26-29)17-3-1-13-31-17/h1-8,13-14,19,30H,9-12H2/t19-/m0/s1. The Morgan fingerprint density at radius 1 is 1.03 bits per heavy atom. The lowest BCUT2D eigenvalue weighted by Crippen LogP contribution is -2.47. The minimum atomic E-state index is -0.225. The van der Waals surface area contributed by atoms with Gasteiger partial charge >= 0.3 is 0 Å². The predicted molar refractivity (Wildman–Crippen MR) is 127 cm³/mol. The molecule has 0 unspecified atom stereocenters. The van der Waals surface area contributed by atoms with E-state index < -0.39 is 0 Å². The van der Waals surface area contributed by atoms with Crippen molar-refractivity contribution in [1.29, 1.82) is 0 Å². The van der Waals surface area contributed by atoms with Gasteiger partial charge in [-0.3, -0.25) is 4.90 Å². The van der Waals surface area contributed by atoms with Crippen molar-refractivity contribution in [1.82, 2.24) is 19.5 Å². The van der Waals surface area contributed by atoms with Crippen molar-refractivity contribution in [2.24, 2.45) is 0 Å². The number of thiophene rings is 1. The zero-order valence-corrected chi connectivity index (χ0v) is 19.1. The Morgan fingerprint density at radius 2 is 1.85 bits per heavy atom. The molecule has 33 heavy (non-hydrogen) atoms. The van der Waals surface area contributed by atoms with Crippen LogP contribution < -0.4 is 4.90 Å². The highest BCUT2D eigenvalue weighted by Crippen LogP contribution is 2.42. The Labute approximate surface area is 197 Å². The number of anilines is 1. The number of fused-ring (bicyclic) bond motifs is 1. The van der Waals surface area contributed by atoms with Crippen LogP contribution in [0.4, 0.5) is 10.1 Å². The molecule has 6 rings (SSSR count). The normalized spacial score (nSPS) is 16.0. The largest absolute Gasteiger partial charge is 0.492 e. The predicted octanol–water partition coefficient (Wildman–Crippen LogP) is 4.87. The fourth-order valence-electron chi connectivity index (χ4n) is 4.25. The molecular weight excluding hydrogens is 461 g/mol. The first-order valence-electron chi connectivity index (χ1n) is 10.6. The minimum absolute atomic E-state index is 0.0825. The van der Waals surface area contributed by atoms with Crippen LogP contribution in [-0.4, -0.2) is 50.8 Å². The smallest absolute Gasteiger partial charge is 0.230 e. The van der Waals surface area contributed by atoms with Crippen molar-refractivity contribution in [2.45, 2.75) is 6.04 Å². The van der Waals surface area contributed by atoms with Crippen LogP contribution in [-0.2, 0) is 0 Å². The second kappa shape index (κ2) is 8.29. The van der Waals surface area contributed by atoms with E-state index in [9.17, 15) is 9.50 Å². The zero-order chi connectivity index (χ0) is 22.4. The lowest BCUT2D eigenvalue weighted by atomic mass is 10.1.